The van der Waals surface area contributed by atoms with Crippen molar-refractivity contribution in [3.63, 3.8) is 0 Å². The van der Waals surface area contributed by atoms with Crippen LogP contribution in [0.5, 0.6) is 34.5 Å². The predicted molar refractivity (Wildman–Crippen MR) is 134 cm³/mol. The number of rotatable bonds is 7. The van der Waals surface area contributed by atoms with Gasteiger partial charge >= 0.3 is 5.97 Å². The van der Waals surface area contributed by atoms with Gasteiger partial charge in [-0.05, 0) is 47.5 Å². The molecular formula is C27H26O12. The maximum atomic E-state index is 12.3. The van der Waals surface area contributed by atoms with Crippen molar-refractivity contribution < 1.29 is 59.9 Å². The summed E-state index contributed by atoms with van der Waals surface area (Å²) in [5.74, 6) is -3.24. The Bertz CT molecular complexity index is 1310. The van der Waals surface area contributed by atoms with Crippen molar-refractivity contribution in [1.82, 2.24) is 0 Å². The van der Waals surface area contributed by atoms with E-state index in [1.807, 2.05) is 0 Å². The van der Waals surface area contributed by atoms with Crippen molar-refractivity contribution in [3.8, 4) is 34.5 Å². The zero-order chi connectivity index (χ0) is 28.3. The number of carbonyl (C=O) groups is 1. The summed E-state index contributed by atoms with van der Waals surface area (Å²) >= 11 is 0. The highest BCUT2D eigenvalue weighted by Gasteiger charge is 2.45. The lowest BCUT2D eigenvalue weighted by Gasteiger charge is -2.39. The molecule has 39 heavy (non-hydrogen) atoms. The quantitative estimate of drug-likeness (QED) is 0.121. The second-order valence-corrected chi connectivity index (χ2v) is 8.78. The molecule has 1 fully saturated rings. The molecule has 0 aromatic heterocycles. The molecule has 0 aliphatic carbocycles. The van der Waals surface area contributed by atoms with Gasteiger partial charge in [-0.1, -0.05) is 24.3 Å². The van der Waals surface area contributed by atoms with Crippen LogP contribution in [0.4, 0.5) is 0 Å². The summed E-state index contributed by atoms with van der Waals surface area (Å²) < 4.78 is 16.2. The minimum Gasteiger partial charge on any atom is -0.508 e. The molecule has 12 heteroatoms. The van der Waals surface area contributed by atoms with E-state index in [9.17, 15) is 45.6 Å². The van der Waals surface area contributed by atoms with Gasteiger partial charge in [-0.25, -0.2) is 4.79 Å². The normalized spacial score (nSPS) is 23.0. The number of esters is 1. The fourth-order valence-corrected chi connectivity index (χ4v) is 3.81. The second-order valence-electron chi connectivity index (χ2n) is 8.78. The molecule has 0 spiro atoms. The van der Waals surface area contributed by atoms with Gasteiger partial charge in [0, 0.05) is 6.07 Å². The highest BCUT2D eigenvalue weighted by atomic mass is 16.7. The molecule has 8 N–H and O–H groups in total. The van der Waals surface area contributed by atoms with E-state index in [0.29, 0.717) is 5.56 Å². The first-order valence-corrected chi connectivity index (χ1v) is 11.6. The van der Waals surface area contributed by atoms with E-state index in [-0.39, 0.29) is 22.8 Å². The van der Waals surface area contributed by atoms with Crippen molar-refractivity contribution in [2.24, 2.45) is 0 Å². The molecular weight excluding hydrogens is 516 g/mol. The first-order chi connectivity index (χ1) is 18.5. The number of hydrogen-bond acceptors (Lipinski definition) is 12. The number of aliphatic hydroxyl groups is 3. The Morgan fingerprint density at radius 1 is 0.769 bits per heavy atom. The fourth-order valence-electron chi connectivity index (χ4n) is 3.81. The van der Waals surface area contributed by atoms with Gasteiger partial charge in [0.25, 0.3) is 0 Å². The van der Waals surface area contributed by atoms with Crippen LogP contribution in [-0.4, -0.2) is 84.1 Å². The van der Waals surface area contributed by atoms with E-state index in [4.69, 9.17) is 14.2 Å². The van der Waals surface area contributed by atoms with E-state index >= 15 is 0 Å². The molecule has 3 aromatic rings. The van der Waals surface area contributed by atoms with Gasteiger partial charge < -0.3 is 55.1 Å². The summed E-state index contributed by atoms with van der Waals surface area (Å²) in [4.78, 5) is 12.3. The number of phenolic OH excluding ortho intramolecular Hbond substituents is 5. The van der Waals surface area contributed by atoms with Crippen LogP contribution in [0.1, 0.15) is 21.5 Å². The van der Waals surface area contributed by atoms with Gasteiger partial charge in [-0.3, -0.25) is 0 Å². The van der Waals surface area contributed by atoms with Crippen LogP contribution in [0.3, 0.4) is 0 Å². The Morgan fingerprint density at radius 2 is 1.36 bits per heavy atom. The zero-order valence-electron chi connectivity index (χ0n) is 20.2. The summed E-state index contributed by atoms with van der Waals surface area (Å²) in [6.45, 7) is -0.583. The van der Waals surface area contributed by atoms with Crippen LogP contribution >= 0.6 is 0 Å². The van der Waals surface area contributed by atoms with Gasteiger partial charge in [0.1, 0.15) is 48.3 Å². The average Bonchev–Trinajstić information content (AvgIpc) is 2.90. The van der Waals surface area contributed by atoms with Crippen LogP contribution in [0.2, 0.25) is 0 Å². The molecule has 1 aliphatic heterocycles. The van der Waals surface area contributed by atoms with Crippen molar-refractivity contribution >= 4 is 18.1 Å². The lowest BCUT2D eigenvalue weighted by molar-refractivity contribution is -0.277. The maximum absolute atomic E-state index is 12.3. The summed E-state index contributed by atoms with van der Waals surface area (Å²) in [5, 5.41) is 78.6. The van der Waals surface area contributed by atoms with Crippen LogP contribution < -0.4 is 4.74 Å². The summed E-state index contributed by atoms with van der Waals surface area (Å²) in [5.41, 5.74) is 1.02. The van der Waals surface area contributed by atoms with Gasteiger partial charge in [0.05, 0.1) is 5.56 Å². The molecule has 12 nitrogen and oxygen atoms in total. The third-order valence-corrected chi connectivity index (χ3v) is 5.88. The maximum Gasteiger partial charge on any atom is 0.338 e. The lowest BCUT2D eigenvalue weighted by Crippen LogP contribution is -2.60. The largest absolute Gasteiger partial charge is 0.508 e. The smallest absolute Gasteiger partial charge is 0.338 e. The lowest BCUT2D eigenvalue weighted by atomic mass is 9.99. The molecule has 1 heterocycles. The first-order valence-electron chi connectivity index (χ1n) is 11.6. The number of aliphatic hydroxyl groups excluding tert-OH is 3. The summed E-state index contributed by atoms with van der Waals surface area (Å²) in [6.07, 6.45) is -4.33. The molecule has 0 saturated carbocycles. The summed E-state index contributed by atoms with van der Waals surface area (Å²) in [7, 11) is 0. The fraction of sp³-hybridized carbons (Fsp3) is 0.222. The molecule has 0 bridgehead atoms. The van der Waals surface area contributed by atoms with Crippen molar-refractivity contribution in [2.75, 3.05) is 6.61 Å². The van der Waals surface area contributed by atoms with Crippen LogP contribution in [0, 0.1) is 0 Å². The SMILES string of the molecule is O=C(OC[C@H]1O[C@H](Oc2ccc(/C=C/c3cc(O)cc(O)c3)cc2)[C@H](O)[C@@H](O)[C@@H]1O)c1cc(O)c(O)c(O)c1. The van der Waals surface area contributed by atoms with Crippen LogP contribution in [-0.2, 0) is 9.47 Å². The Labute approximate surface area is 221 Å². The highest BCUT2D eigenvalue weighted by molar-refractivity contribution is 5.91. The molecule has 0 unspecified atom stereocenters. The molecule has 1 saturated heterocycles. The number of hydrogen-bond donors (Lipinski definition) is 8. The predicted octanol–water partition coefficient (Wildman–Crippen LogP) is 1.43. The first kappa shape index (κ1) is 27.5. The summed E-state index contributed by atoms with van der Waals surface area (Å²) in [6, 6.07) is 12.4. The topological polar surface area (TPSA) is 207 Å². The van der Waals surface area contributed by atoms with E-state index in [2.05, 4.69) is 0 Å². The monoisotopic (exact) mass is 542 g/mol. The van der Waals surface area contributed by atoms with Crippen molar-refractivity contribution in [3.05, 3.63) is 71.3 Å². The Balaban J connectivity index is 1.38. The van der Waals surface area contributed by atoms with Crippen molar-refractivity contribution in [1.29, 1.82) is 0 Å². The number of benzene rings is 3. The number of aromatic hydroxyl groups is 5. The number of phenols is 5. The van der Waals surface area contributed by atoms with E-state index < -0.39 is 60.5 Å². The van der Waals surface area contributed by atoms with Crippen LogP contribution in [0.15, 0.2) is 54.6 Å². The van der Waals surface area contributed by atoms with E-state index in [0.717, 1.165) is 17.7 Å². The Morgan fingerprint density at radius 3 is 1.97 bits per heavy atom. The standard InChI is InChI=1S/C27H26O12/c28-16-7-14(8-17(29)11-16)2-1-13-3-5-18(6-4-13)38-27-25(35)24(34)23(33)21(39-27)12-37-26(36)15-9-19(30)22(32)20(31)10-15/h1-11,21,23-25,27-35H,12H2/b2-1+/t21-,23-,24+,25-,27+/m1/s1. The molecule has 3 aromatic carbocycles. The third kappa shape index (κ3) is 6.51. The second kappa shape index (κ2) is 11.5. The molecule has 0 amide bonds. The molecule has 5 atom stereocenters. The van der Waals surface area contributed by atoms with E-state index in [1.54, 1.807) is 36.4 Å². The minimum atomic E-state index is -1.70. The van der Waals surface area contributed by atoms with Gasteiger partial charge in [0.15, 0.2) is 17.2 Å². The number of carbonyl (C=O) groups excluding carboxylic acids is 1. The van der Waals surface area contributed by atoms with Crippen LogP contribution in [0.25, 0.3) is 12.2 Å². The minimum absolute atomic E-state index is 0.0799. The number of ether oxygens (including phenoxy) is 3. The zero-order valence-corrected chi connectivity index (χ0v) is 20.2. The molecule has 4 rings (SSSR count). The Kier molecular flexibility index (Phi) is 8.12. The van der Waals surface area contributed by atoms with Crippen molar-refractivity contribution in [2.45, 2.75) is 30.7 Å². The highest BCUT2D eigenvalue weighted by Crippen LogP contribution is 2.35. The van der Waals surface area contributed by atoms with E-state index in [1.165, 1.54) is 18.2 Å². The average molecular weight is 542 g/mol. The third-order valence-electron chi connectivity index (χ3n) is 5.88. The van der Waals surface area contributed by atoms with Gasteiger partial charge in [-0.2, -0.15) is 0 Å². The molecule has 1 aliphatic rings. The molecule has 206 valence electrons. The van der Waals surface area contributed by atoms with Gasteiger partial charge in [0.2, 0.25) is 6.29 Å². The van der Waals surface area contributed by atoms with Gasteiger partial charge in [-0.15, -0.1) is 0 Å². The molecule has 0 radical (unpaired) electrons. The Hall–Kier alpha value is -4.49.